The fourth-order valence-electron chi connectivity index (χ4n) is 1.26. The molecule has 1 aliphatic rings. The molecule has 1 heterocycles. The molecular weight excluding hydrogens is 176 g/mol. The molecule has 0 aliphatic carbocycles. The number of carbonyl (C=O) groups excluding carboxylic acids is 1. The summed E-state index contributed by atoms with van der Waals surface area (Å²) in [4.78, 5) is 11.1. The number of amides is 1. The maximum Gasteiger partial charge on any atom is 0.245 e. The number of rotatable bonds is 0. The molecule has 1 aromatic rings. The summed E-state index contributed by atoms with van der Waals surface area (Å²) in [6.07, 6.45) is 0. The third-order valence-electron chi connectivity index (χ3n) is 1.89. The van der Waals surface area contributed by atoms with Crippen molar-refractivity contribution in [3.8, 4) is 0 Å². The van der Waals surface area contributed by atoms with Crippen molar-refractivity contribution in [1.82, 2.24) is 0 Å². The normalized spacial score (nSPS) is 20.5. The van der Waals surface area contributed by atoms with E-state index >= 15 is 0 Å². The van der Waals surface area contributed by atoms with Crippen LogP contribution in [0, 0.1) is 0 Å². The molecule has 0 fully saturated rings. The van der Waals surface area contributed by atoms with Crippen molar-refractivity contribution >= 4 is 23.2 Å². The number of hydrogen-bond donors (Lipinski definition) is 2. The van der Waals surface area contributed by atoms with Gasteiger partial charge in [-0.1, -0.05) is 11.6 Å². The second-order valence-corrected chi connectivity index (χ2v) is 3.13. The highest BCUT2D eigenvalue weighted by Gasteiger charge is 2.26. The van der Waals surface area contributed by atoms with E-state index in [0.717, 1.165) is 11.3 Å². The fraction of sp³-hybridized carbons (Fsp3) is 0.125. The quantitative estimate of drug-likeness (QED) is 0.635. The molecule has 62 valence electrons. The lowest BCUT2D eigenvalue weighted by molar-refractivity contribution is -0.116. The van der Waals surface area contributed by atoms with E-state index in [0.29, 0.717) is 5.02 Å². The zero-order valence-corrected chi connectivity index (χ0v) is 6.93. The summed E-state index contributed by atoms with van der Waals surface area (Å²) in [7, 11) is 0. The predicted molar refractivity (Wildman–Crippen MR) is 47.0 cm³/mol. The third kappa shape index (κ3) is 0.983. The van der Waals surface area contributed by atoms with Crippen molar-refractivity contribution in [2.24, 2.45) is 5.73 Å². The van der Waals surface area contributed by atoms with Crippen LogP contribution < -0.4 is 11.1 Å². The minimum Gasteiger partial charge on any atom is -0.324 e. The second kappa shape index (κ2) is 2.47. The van der Waals surface area contributed by atoms with Gasteiger partial charge in [-0.25, -0.2) is 0 Å². The molecule has 12 heavy (non-hydrogen) atoms. The van der Waals surface area contributed by atoms with E-state index in [1.165, 1.54) is 0 Å². The van der Waals surface area contributed by atoms with Crippen LogP contribution in [0.25, 0.3) is 0 Å². The first-order chi connectivity index (χ1) is 5.68. The summed E-state index contributed by atoms with van der Waals surface area (Å²) < 4.78 is 0. The lowest BCUT2D eigenvalue weighted by Gasteiger charge is -2.00. The Morgan fingerprint density at radius 3 is 3.00 bits per heavy atom. The molecule has 0 bridgehead atoms. The number of carbonyl (C=O) groups is 1. The van der Waals surface area contributed by atoms with E-state index in [1.807, 2.05) is 0 Å². The predicted octanol–water partition coefficient (Wildman–Crippen LogP) is 1.29. The summed E-state index contributed by atoms with van der Waals surface area (Å²) in [5, 5.41) is 3.25. The van der Waals surface area contributed by atoms with Crippen molar-refractivity contribution in [3.63, 3.8) is 0 Å². The van der Waals surface area contributed by atoms with E-state index in [1.54, 1.807) is 18.2 Å². The first-order valence-electron chi connectivity index (χ1n) is 3.54. The zero-order valence-electron chi connectivity index (χ0n) is 6.17. The van der Waals surface area contributed by atoms with Crippen LogP contribution in [0.15, 0.2) is 18.2 Å². The van der Waals surface area contributed by atoms with Gasteiger partial charge in [-0.15, -0.1) is 0 Å². The van der Waals surface area contributed by atoms with Crippen molar-refractivity contribution in [3.05, 3.63) is 28.8 Å². The maximum atomic E-state index is 11.1. The fourth-order valence-corrected chi connectivity index (χ4v) is 1.44. The summed E-state index contributed by atoms with van der Waals surface area (Å²) >= 11 is 5.74. The maximum absolute atomic E-state index is 11.1. The average molecular weight is 183 g/mol. The van der Waals surface area contributed by atoms with Gasteiger partial charge in [-0.2, -0.15) is 0 Å². The molecule has 0 radical (unpaired) electrons. The molecular formula is C8H7ClN2O. The van der Waals surface area contributed by atoms with Crippen molar-refractivity contribution in [2.45, 2.75) is 6.04 Å². The molecule has 1 atom stereocenters. The number of fused-ring (bicyclic) bond motifs is 1. The smallest absolute Gasteiger partial charge is 0.245 e. The first kappa shape index (κ1) is 7.58. The highest BCUT2D eigenvalue weighted by Crippen LogP contribution is 2.30. The number of nitrogens with one attached hydrogen (secondary N) is 1. The van der Waals surface area contributed by atoms with E-state index in [-0.39, 0.29) is 5.91 Å². The average Bonchev–Trinajstić information content (AvgIpc) is 2.31. The lowest BCUT2D eigenvalue weighted by Crippen LogP contribution is -2.19. The minimum atomic E-state index is -0.571. The number of hydrogen-bond acceptors (Lipinski definition) is 2. The minimum absolute atomic E-state index is 0.174. The largest absolute Gasteiger partial charge is 0.324 e. The van der Waals surface area contributed by atoms with Crippen LogP contribution in [0.4, 0.5) is 5.69 Å². The first-order valence-corrected chi connectivity index (χ1v) is 3.92. The van der Waals surface area contributed by atoms with Crippen LogP contribution in [0.1, 0.15) is 11.6 Å². The molecule has 0 unspecified atom stereocenters. The van der Waals surface area contributed by atoms with Crippen LogP contribution in [-0.4, -0.2) is 5.91 Å². The molecule has 1 aromatic carbocycles. The van der Waals surface area contributed by atoms with E-state index < -0.39 is 6.04 Å². The zero-order chi connectivity index (χ0) is 8.72. The van der Waals surface area contributed by atoms with Crippen molar-refractivity contribution < 1.29 is 4.79 Å². The van der Waals surface area contributed by atoms with Gasteiger partial charge >= 0.3 is 0 Å². The van der Waals surface area contributed by atoms with Gasteiger partial charge < -0.3 is 11.1 Å². The van der Waals surface area contributed by atoms with Crippen LogP contribution >= 0.6 is 11.6 Å². The Hall–Kier alpha value is -1.06. The Morgan fingerprint density at radius 1 is 1.50 bits per heavy atom. The standard InChI is InChI=1S/C8H7ClN2O/c9-4-1-2-6-5(3-4)7(10)8(12)11-6/h1-3,7H,10H2,(H,11,12)/t7-/m1/s1. The Kier molecular flexibility index (Phi) is 1.56. The molecule has 3 nitrogen and oxygen atoms in total. The number of halogens is 1. The molecule has 2 rings (SSSR count). The van der Waals surface area contributed by atoms with Gasteiger partial charge in [-0.3, -0.25) is 4.79 Å². The van der Waals surface area contributed by atoms with Crippen molar-refractivity contribution in [2.75, 3.05) is 5.32 Å². The summed E-state index contributed by atoms with van der Waals surface area (Å²) in [6.45, 7) is 0. The van der Waals surface area contributed by atoms with E-state index in [2.05, 4.69) is 5.32 Å². The number of nitrogens with two attached hydrogens (primary N) is 1. The van der Waals surface area contributed by atoms with Crippen LogP contribution in [0.2, 0.25) is 5.02 Å². The van der Waals surface area contributed by atoms with Gasteiger partial charge in [0.25, 0.3) is 0 Å². The molecule has 1 amide bonds. The third-order valence-corrected chi connectivity index (χ3v) is 2.12. The van der Waals surface area contributed by atoms with Crippen molar-refractivity contribution in [1.29, 1.82) is 0 Å². The SMILES string of the molecule is N[C@H]1C(=O)Nc2ccc(Cl)cc21. The van der Waals surface area contributed by atoms with Gasteiger partial charge in [0.2, 0.25) is 5.91 Å². The summed E-state index contributed by atoms with van der Waals surface area (Å²) in [5.74, 6) is -0.174. The number of benzene rings is 1. The van der Waals surface area contributed by atoms with Gasteiger partial charge in [0.1, 0.15) is 6.04 Å². The van der Waals surface area contributed by atoms with Gasteiger partial charge in [-0.05, 0) is 18.2 Å². The molecule has 3 N–H and O–H groups in total. The van der Waals surface area contributed by atoms with E-state index in [9.17, 15) is 4.79 Å². The van der Waals surface area contributed by atoms with Gasteiger partial charge in [0.05, 0.1) is 0 Å². The highest BCUT2D eigenvalue weighted by molar-refractivity contribution is 6.30. The Bertz CT molecular complexity index is 351. The lowest BCUT2D eigenvalue weighted by atomic mass is 10.1. The number of anilines is 1. The molecule has 0 saturated heterocycles. The Morgan fingerprint density at radius 2 is 2.25 bits per heavy atom. The van der Waals surface area contributed by atoms with Gasteiger partial charge in [0.15, 0.2) is 0 Å². The molecule has 0 saturated carbocycles. The molecule has 4 heteroatoms. The Labute approximate surface area is 74.5 Å². The summed E-state index contributed by atoms with van der Waals surface area (Å²) in [5.41, 5.74) is 7.12. The van der Waals surface area contributed by atoms with Gasteiger partial charge in [0, 0.05) is 16.3 Å². The van der Waals surface area contributed by atoms with Crippen LogP contribution in [-0.2, 0) is 4.79 Å². The summed E-state index contributed by atoms with van der Waals surface area (Å²) in [6, 6.07) is 4.61. The second-order valence-electron chi connectivity index (χ2n) is 2.70. The molecule has 1 aliphatic heterocycles. The molecule has 0 aromatic heterocycles. The monoisotopic (exact) mass is 182 g/mol. The highest BCUT2D eigenvalue weighted by atomic mass is 35.5. The van der Waals surface area contributed by atoms with E-state index in [4.69, 9.17) is 17.3 Å². The topological polar surface area (TPSA) is 55.1 Å². The molecule has 0 spiro atoms. The van der Waals surface area contributed by atoms with Crippen LogP contribution in [0.3, 0.4) is 0 Å². The Balaban J connectivity index is 2.55. The van der Waals surface area contributed by atoms with Crippen LogP contribution in [0.5, 0.6) is 0 Å².